The van der Waals surface area contributed by atoms with Gasteiger partial charge in [0.2, 0.25) is 0 Å². The SMILES string of the molecule is CCCCOc1cccc(C(O)=C2C(=O)C(=O)N(CCCN(CC)CC)C2c2ccc(OCC)cc2)c1. The molecule has 0 aromatic heterocycles. The number of hydrogen-bond acceptors (Lipinski definition) is 6. The fourth-order valence-corrected chi connectivity index (χ4v) is 4.60. The number of likely N-dealkylation sites (tertiary alicyclic amines) is 1. The first kappa shape index (κ1) is 28.3. The largest absolute Gasteiger partial charge is 0.507 e. The Hall–Kier alpha value is -3.32. The number of ketones is 1. The summed E-state index contributed by atoms with van der Waals surface area (Å²) in [5.41, 5.74) is 1.30. The molecule has 1 aliphatic rings. The highest BCUT2D eigenvalue weighted by atomic mass is 16.5. The van der Waals surface area contributed by atoms with Crippen LogP contribution in [0.2, 0.25) is 0 Å². The van der Waals surface area contributed by atoms with Gasteiger partial charge in [-0.3, -0.25) is 9.59 Å². The Morgan fingerprint density at radius 1 is 0.946 bits per heavy atom. The Labute approximate surface area is 220 Å². The van der Waals surface area contributed by atoms with Crippen molar-refractivity contribution in [1.82, 2.24) is 9.80 Å². The number of benzene rings is 2. The van der Waals surface area contributed by atoms with E-state index in [-0.39, 0.29) is 11.3 Å². The van der Waals surface area contributed by atoms with E-state index in [2.05, 4.69) is 25.7 Å². The molecule has 1 atom stereocenters. The molecule has 0 bridgehead atoms. The number of unbranched alkanes of at least 4 members (excludes halogenated alkanes) is 1. The van der Waals surface area contributed by atoms with Crippen molar-refractivity contribution in [2.45, 2.75) is 53.0 Å². The predicted octanol–water partition coefficient (Wildman–Crippen LogP) is 5.42. The van der Waals surface area contributed by atoms with E-state index in [1.807, 2.05) is 37.3 Å². The van der Waals surface area contributed by atoms with Crippen molar-refractivity contribution in [3.63, 3.8) is 0 Å². The van der Waals surface area contributed by atoms with Crippen LogP contribution in [0, 0.1) is 0 Å². The summed E-state index contributed by atoms with van der Waals surface area (Å²) in [6.45, 7) is 12.4. The van der Waals surface area contributed by atoms with Crippen LogP contribution in [-0.2, 0) is 9.59 Å². The van der Waals surface area contributed by atoms with Gasteiger partial charge >= 0.3 is 0 Å². The van der Waals surface area contributed by atoms with Gasteiger partial charge in [0.25, 0.3) is 11.7 Å². The maximum absolute atomic E-state index is 13.3. The Bertz CT molecular complexity index is 1080. The Morgan fingerprint density at radius 3 is 2.32 bits per heavy atom. The average molecular weight is 509 g/mol. The summed E-state index contributed by atoms with van der Waals surface area (Å²) in [5.74, 6) is -0.124. The molecule has 200 valence electrons. The Balaban J connectivity index is 1.99. The van der Waals surface area contributed by atoms with Crippen molar-refractivity contribution >= 4 is 17.4 Å². The second-order valence-corrected chi connectivity index (χ2v) is 9.10. The van der Waals surface area contributed by atoms with Crippen molar-refractivity contribution in [2.24, 2.45) is 0 Å². The van der Waals surface area contributed by atoms with Gasteiger partial charge in [-0.25, -0.2) is 0 Å². The number of carbonyl (C=O) groups excluding carboxylic acids is 2. The molecule has 2 aromatic rings. The van der Waals surface area contributed by atoms with Gasteiger partial charge in [-0.2, -0.15) is 0 Å². The molecule has 37 heavy (non-hydrogen) atoms. The third-order valence-corrected chi connectivity index (χ3v) is 6.69. The molecule has 0 spiro atoms. The molecule has 0 radical (unpaired) electrons. The number of aliphatic hydroxyl groups is 1. The van der Waals surface area contributed by atoms with E-state index in [4.69, 9.17) is 9.47 Å². The molecule has 1 fully saturated rings. The van der Waals surface area contributed by atoms with E-state index in [9.17, 15) is 14.7 Å². The molecular weight excluding hydrogens is 468 g/mol. The van der Waals surface area contributed by atoms with Crippen molar-refractivity contribution in [3.8, 4) is 11.5 Å². The lowest BCUT2D eigenvalue weighted by Gasteiger charge is -2.27. The minimum Gasteiger partial charge on any atom is -0.507 e. The first-order valence-electron chi connectivity index (χ1n) is 13.4. The quantitative estimate of drug-likeness (QED) is 0.159. The Kier molecular flexibility index (Phi) is 10.6. The number of aliphatic hydroxyl groups excluding tert-OH is 1. The summed E-state index contributed by atoms with van der Waals surface area (Å²) >= 11 is 0. The molecule has 1 aliphatic heterocycles. The summed E-state index contributed by atoms with van der Waals surface area (Å²) in [7, 11) is 0. The zero-order valence-electron chi connectivity index (χ0n) is 22.5. The summed E-state index contributed by atoms with van der Waals surface area (Å²) in [4.78, 5) is 30.4. The van der Waals surface area contributed by atoms with Gasteiger partial charge in [0, 0.05) is 12.1 Å². The van der Waals surface area contributed by atoms with Crippen LogP contribution in [0.1, 0.15) is 64.1 Å². The molecule has 0 saturated carbocycles. The van der Waals surface area contributed by atoms with Gasteiger partial charge in [-0.05, 0) is 69.2 Å². The van der Waals surface area contributed by atoms with Crippen LogP contribution < -0.4 is 9.47 Å². The van der Waals surface area contributed by atoms with Crippen molar-refractivity contribution in [2.75, 3.05) is 39.4 Å². The van der Waals surface area contributed by atoms with E-state index < -0.39 is 17.7 Å². The molecule has 1 heterocycles. The normalized spacial score (nSPS) is 17.0. The molecule has 2 aromatic carbocycles. The zero-order valence-corrected chi connectivity index (χ0v) is 22.5. The molecular formula is C30H40N2O5. The van der Waals surface area contributed by atoms with Crippen molar-refractivity contribution in [3.05, 3.63) is 65.2 Å². The zero-order chi connectivity index (χ0) is 26.8. The average Bonchev–Trinajstić information content (AvgIpc) is 3.16. The van der Waals surface area contributed by atoms with Crippen LogP contribution in [0.25, 0.3) is 5.76 Å². The maximum Gasteiger partial charge on any atom is 0.295 e. The van der Waals surface area contributed by atoms with Gasteiger partial charge in [-0.15, -0.1) is 0 Å². The van der Waals surface area contributed by atoms with E-state index >= 15 is 0 Å². The summed E-state index contributed by atoms with van der Waals surface area (Å²) in [6.07, 6.45) is 2.66. The highest BCUT2D eigenvalue weighted by Crippen LogP contribution is 2.40. The summed E-state index contributed by atoms with van der Waals surface area (Å²) < 4.78 is 11.4. The molecule has 0 aliphatic carbocycles. The lowest BCUT2D eigenvalue weighted by atomic mass is 9.95. The minimum absolute atomic E-state index is 0.0997. The van der Waals surface area contributed by atoms with Gasteiger partial charge < -0.3 is 24.4 Å². The van der Waals surface area contributed by atoms with Crippen molar-refractivity contribution < 1.29 is 24.2 Å². The smallest absolute Gasteiger partial charge is 0.295 e. The van der Waals surface area contributed by atoms with E-state index in [1.165, 1.54) is 0 Å². The standard InChI is InChI=1S/C30H40N2O5/c1-5-9-20-37-25-13-10-12-23(21-25)28(33)26-27(22-14-16-24(17-15-22)36-8-4)32(30(35)29(26)34)19-11-18-31(6-2)7-3/h10,12-17,21,27,33H,5-9,11,18-20H2,1-4H3. The second-order valence-electron chi connectivity index (χ2n) is 9.10. The van der Waals surface area contributed by atoms with Crippen LogP contribution in [0.5, 0.6) is 11.5 Å². The lowest BCUT2D eigenvalue weighted by Crippen LogP contribution is -2.33. The molecule has 1 unspecified atom stereocenters. The number of Topliss-reactive ketones (excluding diaryl/α,β-unsaturated/α-hetero) is 1. The van der Waals surface area contributed by atoms with Crippen LogP contribution in [0.4, 0.5) is 0 Å². The van der Waals surface area contributed by atoms with Crippen LogP contribution in [-0.4, -0.2) is 66.0 Å². The number of rotatable bonds is 14. The minimum atomic E-state index is -0.683. The van der Waals surface area contributed by atoms with Crippen LogP contribution in [0.3, 0.4) is 0 Å². The fraction of sp³-hybridized carbons (Fsp3) is 0.467. The topological polar surface area (TPSA) is 79.3 Å². The Morgan fingerprint density at radius 2 is 1.68 bits per heavy atom. The number of ether oxygens (including phenoxy) is 2. The van der Waals surface area contributed by atoms with Gasteiger partial charge in [0.1, 0.15) is 17.3 Å². The van der Waals surface area contributed by atoms with Gasteiger partial charge in [0.05, 0.1) is 24.8 Å². The number of hydrogen-bond donors (Lipinski definition) is 1. The van der Waals surface area contributed by atoms with Crippen molar-refractivity contribution in [1.29, 1.82) is 0 Å². The number of carbonyl (C=O) groups is 2. The molecule has 1 saturated heterocycles. The monoisotopic (exact) mass is 508 g/mol. The van der Waals surface area contributed by atoms with Gasteiger partial charge in [0.15, 0.2) is 0 Å². The first-order chi connectivity index (χ1) is 17.9. The number of amides is 1. The molecule has 7 heteroatoms. The summed E-state index contributed by atoms with van der Waals surface area (Å²) in [6, 6.07) is 13.7. The second kappa shape index (κ2) is 13.8. The van der Waals surface area contributed by atoms with Crippen LogP contribution >= 0.6 is 0 Å². The molecule has 1 N–H and O–H groups in total. The first-order valence-corrected chi connectivity index (χ1v) is 13.4. The third-order valence-electron chi connectivity index (χ3n) is 6.69. The van der Waals surface area contributed by atoms with E-state index in [0.29, 0.717) is 36.8 Å². The lowest BCUT2D eigenvalue weighted by molar-refractivity contribution is -0.140. The fourth-order valence-electron chi connectivity index (χ4n) is 4.60. The van der Waals surface area contributed by atoms with E-state index in [0.717, 1.165) is 44.5 Å². The third kappa shape index (κ3) is 6.92. The maximum atomic E-state index is 13.3. The number of nitrogens with zero attached hydrogens (tertiary/aromatic N) is 2. The predicted molar refractivity (Wildman–Crippen MR) is 146 cm³/mol. The van der Waals surface area contributed by atoms with E-state index in [1.54, 1.807) is 23.1 Å². The van der Waals surface area contributed by atoms with Gasteiger partial charge in [-0.1, -0.05) is 51.5 Å². The highest BCUT2D eigenvalue weighted by Gasteiger charge is 2.45. The van der Waals surface area contributed by atoms with Crippen LogP contribution in [0.15, 0.2) is 54.1 Å². The summed E-state index contributed by atoms with van der Waals surface area (Å²) in [5, 5.41) is 11.4. The molecule has 3 rings (SSSR count). The highest BCUT2D eigenvalue weighted by molar-refractivity contribution is 6.46. The molecule has 7 nitrogen and oxygen atoms in total. The molecule has 1 amide bonds.